The molecule has 1 N–H and O–H groups in total. The smallest absolute Gasteiger partial charge is 0.207 e. The van der Waals surface area contributed by atoms with Crippen molar-refractivity contribution >= 4 is 31.7 Å². The molecule has 8 heteroatoms. The average Bonchev–Trinajstić information content (AvgIpc) is 2.45. The largest absolute Gasteiger partial charge is 0.276 e. The van der Waals surface area contributed by atoms with Gasteiger partial charge in [0.25, 0.3) is 10.0 Å². The van der Waals surface area contributed by atoms with Crippen molar-refractivity contribution < 1.29 is 17.2 Å². The highest BCUT2D eigenvalue weighted by molar-refractivity contribution is 9.10. The van der Waals surface area contributed by atoms with E-state index in [-0.39, 0.29) is 16.2 Å². The third-order valence-corrected chi connectivity index (χ3v) is 4.53. The van der Waals surface area contributed by atoms with Crippen LogP contribution in [0.15, 0.2) is 56.9 Å². The molecular formula is C14H11BrF2N2O2S. The Balaban J connectivity index is 2.24. The van der Waals surface area contributed by atoms with E-state index < -0.39 is 21.7 Å². The van der Waals surface area contributed by atoms with Crippen molar-refractivity contribution in [2.24, 2.45) is 5.10 Å². The first-order valence-electron chi connectivity index (χ1n) is 6.07. The topological polar surface area (TPSA) is 58.5 Å². The zero-order valence-electron chi connectivity index (χ0n) is 11.3. The van der Waals surface area contributed by atoms with Crippen LogP contribution in [0.4, 0.5) is 8.78 Å². The number of hydrogen-bond acceptors (Lipinski definition) is 3. The van der Waals surface area contributed by atoms with Gasteiger partial charge < -0.3 is 0 Å². The summed E-state index contributed by atoms with van der Waals surface area (Å²) >= 11 is 3.20. The van der Waals surface area contributed by atoms with Crippen LogP contribution in [0, 0.1) is 11.6 Å². The minimum absolute atomic E-state index is 0.0138. The highest BCUT2D eigenvalue weighted by atomic mass is 79.9. The molecule has 22 heavy (non-hydrogen) atoms. The summed E-state index contributed by atoms with van der Waals surface area (Å²) in [5, 5.41) is 3.66. The Kier molecular flexibility index (Phi) is 4.92. The van der Waals surface area contributed by atoms with Gasteiger partial charge in [-0.15, -0.1) is 0 Å². The Bertz CT molecular complexity index is 821. The lowest BCUT2D eigenvalue weighted by atomic mass is 10.1. The van der Waals surface area contributed by atoms with Crippen LogP contribution in [-0.2, 0) is 10.0 Å². The molecule has 116 valence electrons. The van der Waals surface area contributed by atoms with E-state index in [0.717, 1.165) is 10.5 Å². The summed E-state index contributed by atoms with van der Waals surface area (Å²) in [6.07, 6.45) is 0. The molecule has 0 radical (unpaired) electrons. The molecule has 2 aromatic rings. The van der Waals surface area contributed by atoms with Crippen molar-refractivity contribution in [3.05, 3.63) is 64.1 Å². The number of sulfonamides is 1. The first kappa shape index (κ1) is 16.6. The van der Waals surface area contributed by atoms with E-state index in [0.29, 0.717) is 6.07 Å². The molecule has 0 saturated carbocycles. The van der Waals surface area contributed by atoms with E-state index in [1.54, 1.807) is 12.1 Å². The maximum atomic E-state index is 13.6. The quantitative estimate of drug-likeness (QED) is 0.644. The van der Waals surface area contributed by atoms with E-state index in [4.69, 9.17) is 0 Å². The number of nitrogens with one attached hydrogen (secondary N) is 1. The number of rotatable bonds is 4. The summed E-state index contributed by atoms with van der Waals surface area (Å²) in [6, 6.07) is 8.91. The number of nitrogens with zero attached hydrogens (tertiary/aromatic N) is 1. The van der Waals surface area contributed by atoms with Crippen molar-refractivity contribution in [2.75, 3.05) is 0 Å². The lowest BCUT2D eigenvalue weighted by Crippen LogP contribution is -2.20. The van der Waals surface area contributed by atoms with Gasteiger partial charge in [0.1, 0.15) is 11.6 Å². The van der Waals surface area contributed by atoms with Gasteiger partial charge in [-0.05, 0) is 43.3 Å². The Morgan fingerprint density at radius 2 is 1.77 bits per heavy atom. The SMILES string of the molecule is C/C(=N/NS(=O)(=O)c1ccc(Br)cc1)c1ccc(F)cc1F. The molecule has 0 heterocycles. The van der Waals surface area contributed by atoms with Gasteiger partial charge in [0.05, 0.1) is 10.6 Å². The van der Waals surface area contributed by atoms with Crippen LogP contribution in [0.5, 0.6) is 0 Å². The Morgan fingerprint density at radius 1 is 1.14 bits per heavy atom. The van der Waals surface area contributed by atoms with Crippen LogP contribution in [0.2, 0.25) is 0 Å². The lowest BCUT2D eigenvalue weighted by Gasteiger charge is -2.06. The van der Waals surface area contributed by atoms with Crippen LogP contribution >= 0.6 is 15.9 Å². The lowest BCUT2D eigenvalue weighted by molar-refractivity contribution is 0.579. The van der Waals surface area contributed by atoms with E-state index in [2.05, 4.69) is 21.0 Å². The van der Waals surface area contributed by atoms with Crippen molar-refractivity contribution in [3.63, 3.8) is 0 Å². The third kappa shape index (κ3) is 3.89. The fraction of sp³-hybridized carbons (Fsp3) is 0.0714. The van der Waals surface area contributed by atoms with Gasteiger partial charge >= 0.3 is 0 Å². The number of hydrogen-bond donors (Lipinski definition) is 1. The molecule has 0 amide bonds. The maximum Gasteiger partial charge on any atom is 0.276 e. The van der Waals surface area contributed by atoms with Crippen molar-refractivity contribution in [2.45, 2.75) is 11.8 Å². The summed E-state index contributed by atoms with van der Waals surface area (Å²) in [5.74, 6) is -1.53. The predicted octanol–water partition coefficient (Wildman–Crippen LogP) is 3.43. The van der Waals surface area contributed by atoms with Crippen LogP contribution in [0.3, 0.4) is 0 Å². The Labute approximate surface area is 135 Å². The molecule has 0 fully saturated rings. The van der Waals surface area contributed by atoms with E-state index in [1.807, 2.05) is 4.83 Å². The van der Waals surface area contributed by atoms with Crippen LogP contribution < -0.4 is 4.83 Å². The molecule has 0 aromatic heterocycles. The second-order valence-corrected chi connectivity index (χ2v) is 6.95. The fourth-order valence-corrected chi connectivity index (χ4v) is 2.76. The van der Waals surface area contributed by atoms with Gasteiger partial charge in [-0.25, -0.2) is 8.78 Å². The van der Waals surface area contributed by atoms with Gasteiger partial charge in [0, 0.05) is 16.1 Å². The molecule has 2 rings (SSSR count). The van der Waals surface area contributed by atoms with Crippen LogP contribution in [0.25, 0.3) is 0 Å². The van der Waals surface area contributed by atoms with Crippen LogP contribution in [0.1, 0.15) is 12.5 Å². The molecule has 0 aliphatic carbocycles. The molecule has 4 nitrogen and oxygen atoms in total. The average molecular weight is 389 g/mol. The minimum Gasteiger partial charge on any atom is -0.207 e. The summed E-state index contributed by atoms with van der Waals surface area (Å²) in [5.41, 5.74) is 0.0955. The summed E-state index contributed by atoms with van der Waals surface area (Å²) in [6.45, 7) is 1.42. The highest BCUT2D eigenvalue weighted by Gasteiger charge is 2.13. The first-order valence-corrected chi connectivity index (χ1v) is 8.34. The second kappa shape index (κ2) is 6.53. The number of hydrazone groups is 1. The molecular weight excluding hydrogens is 378 g/mol. The standard InChI is InChI=1S/C14H11BrF2N2O2S/c1-9(13-7-4-11(16)8-14(13)17)18-19-22(20,21)12-5-2-10(15)3-6-12/h2-8,19H,1H3/b18-9-. The monoisotopic (exact) mass is 388 g/mol. The Morgan fingerprint density at radius 3 is 2.36 bits per heavy atom. The normalized spacial score (nSPS) is 12.3. The molecule has 0 atom stereocenters. The van der Waals surface area contributed by atoms with Gasteiger partial charge in [-0.2, -0.15) is 18.4 Å². The predicted molar refractivity (Wildman–Crippen MR) is 83.0 cm³/mol. The van der Waals surface area contributed by atoms with Crippen molar-refractivity contribution in [1.82, 2.24) is 4.83 Å². The summed E-state index contributed by atoms with van der Waals surface area (Å²) in [4.78, 5) is 2.04. The molecule has 0 spiro atoms. The number of halogens is 3. The molecule has 0 bridgehead atoms. The minimum atomic E-state index is -3.86. The van der Waals surface area contributed by atoms with Gasteiger partial charge in [-0.1, -0.05) is 15.9 Å². The zero-order chi connectivity index (χ0) is 16.3. The highest BCUT2D eigenvalue weighted by Crippen LogP contribution is 2.15. The molecule has 2 aromatic carbocycles. The van der Waals surface area contributed by atoms with Crippen molar-refractivity contribution in [3.8, 4) is 0 Å². The summed E-state index contributed by atoms with van der Waals surface area (Å²) in [7, 11) is -3.86. The van der Waals surface area contributed by atoms with Crippen LogP contribution in [-0.4, -0.2) is 14.1 Å². The summed E-state index contributed by atoms with van der Waals surface area (Å²) < 4.78 is 51.2. The molecule has 0 saturated heterocycles. The number of benzene rings is 2. The van der Waals surface area contributed by atoms with E-state index in [1.165, 1.54) is 25.1 Å². The van der Waals surface area contributed by atoms with Gasteiger partial charge in [-0.3, -0.25) is 0 Å². The van der Waals surface area contributed by atoms with Crippen molar-refractivity contribution in [1.29, 1.82) is 0 Å². The van der Waals surface area contributed by atoms with Gasteiger partial charge in [0.2, 0.25) is 0 Å². The maximum absolute atomic E-state index is 13.6. The molecule has 0 unspecified atom stereocenters. The third-order valence-electron chi connectivity index (χ3n) is 2.78. The first-order chi connectivity index (χ1) is 10.3. The molecule has 0 aliphatic heterocycles. The second-order valence-electron chi connectivity index (χ2n) is 4.37. The zero-order valence-corrected chi connectivity index (χ0v) is 13.7. The van der Waals surface area contributed by atoms with E-state index in [9.17, 15) is 17.2 Å². The fourth-order valence-electron chi connectivity index (χ4n) is 1.64. The molecule has 0 aliphatic rings. The van der Waals surface area contributed by atoms with Gasteiger partial charge in [0.15, 0.2) is 0 Å². The Hall–Kier alpha value is -1.80. The van der Waals surface area contributed by atoms with E-state index >= 15 is 0 Å².